The Balaban J connectivity index is 1.35. The summed E-state index contributed by atoms with van der Waals surface area (Å²) in [6, 6.07) is 1.61. The number of aromatic nitrogens is 2. The highest BCUT2D eigenvalue weighted by molar-refractivity contribution is 7.90. The average molecular weight is 415 g/mol. The summed E-state index contributed by atoms with van der Waals surface area (Å²) in [5.74, 6) is 2.44. The largest absolute Gasteiger partial charge is 0.381 e. The van der Waals surface area contributed by atoms with Crippen LogP contribution in [0.25, 0.3) is 0 Å². The molecule has 0 amide bonds. The second kappa shape index (κ2) is 7.81. The minimum atomic E-state index is -3.41. The van der Waals surface area contributed by atoms with Crippen molar-refractivity contribution in [3.05, 3.63) is 11.2 Å². The first-order valence-electron chi connectivity index (χ1n) is 9.68. The number of nitrogens with one attached hydrogen (secondary N) is 1. The molecule has 1 aromatic rings. The number of sulfone groups is 1. The number of hydrogen-bond acceptors (Lipinski definition) is 7. The molecule has 0 bridgehead atoms. The van der Waals surface area contributed by atoms with Crippen molar-refractivity contribution in [2.75, 3.05) is 44.4 Å². The lowest BCUT2D eigenvalue weighted by Gasteiger charge is -2.27. The number of halogens is 1. The van der Waals surface area contributed by atoms with Gasteiger partial charge in [0.25, 0.3) is 0 Å². The van der Waals surface area contributed by atoms with E-state index in [2.05, 4.69) is 20.4 Å². The van der Waals surface area contributed by atoms with Crippen LogP contribution in [0.15, 0.2) is 11.0 Å². The number of ether oxygens (including phenoxy) is 1. The van der Waals surface area contributed by atoms with Crippen LogP contribution in [-0.4, -0.2) is 68.7 Å². The summed E-state index contributed by atoms with van der Waals surface area (Å²) in [5.41, 5.74) is 0. The fourth-order valence-corrected chi connectivity index (χ4v) is 5.87. The van der Waals surface area contributed by atoms with Crippen LogP contribution in [-0.2, 0) is 14.6 Å². The maximum atomic E-state index is 12.0. The molecule has 1 aromatic heterocycles. The van der Waals surface area contributed by atoms with Gasteiger partial charge in [-0.15, -0.1) is 10.2 Å². The van der Waals surface area contributed by atoms with Gasteiger partial charge >= 0.3 is 0 Å². The van der Waals surface area contributed by atoms with Crippen LogP contribution in [0.4, 0.5) is 5.82 Å². The second-order valence-corrected chi connectivity index (χ2v) is 10.6. The van der Waals surface area contributed by atoms with Gasteiger partial charge in [-0.05, 0) is 49.5 Å². The summed E-state index contributed by atoms with van der Waals surface area (Å²) in [6.07, 6.45) is 5.62. The minimum Gasteiger partial charge on any atom is -0.381 e. The lowest BCUT2D eigenvalue weighted by Crippen LogP contribution is -2.32. The van der Waals surface area contributed by atoms with Crippen LogP contribution in [0.2, 0.25) is 5.15 Å². The van der Waals surface area contributed by atoms with E-state index >= 15 is 0 Å². The quantitative estimate of drug-likeness (QED) is 0.789. The Labute approximate surface area is 165 Å². The van der Waals surface area contributed by atoms with Crippen molar-refractivity contribution in [1.29, 1.82) is 0 Å². The standard InChI is InChI=1S/C18H27ClN4O3S/c1-27(24,25)16-8-17(19)21-22-18(16)20-15-6-13-10-23(11-14(13)7-15)9-12-2-4-26-5-3-12/h8,12-15H,2-7,9-11H2,1H3,(H,20,22). The van der Waals surface area contributed by atoms with Crippen LogP contribution < -0.4 is 5.32 Å². The summed E-state index contributed by atoms with van der Waals surface area (Å²) in [7, 11) is -3.41. The summed E-state index contributed by atoms with van der Waals surface area (Å²) in [4.78, 5) is 2.74. The number of fused-ring (bicyclic) bond motifs is 1. The molecule has 0 radical (unpaired) electrons. The van der Waals surface area contributed by atoms with E-state index in [0.717, 1.165) is 45.1 Å². The predicted molar refractivity (Wildman–Crippen MR) is 104 cm³/mol. The molecule has 3 fully saturated rings. The van der Waals surface area contributed by atoms with Gasteiger partial charge in [0.05, 0.1) is 0 Å². The van der Waals surface area contributed by atoms with E-state index in [1.807, 2.05) is 0 Å². The van der Waals surface area contributed by atoms with E-state index in [1.54, 1.807) is 0 Å². The molecule has 27 heavy (non-hydrogen) atoms. The molecule has 150 valence electrons. The molecule has 4 rings (SSSR count). The maximum Gasteiger partial charge on any atom is 0.179 e. The Kier molecular flexibility index (Phi) is 5.60. The summed E-state index contributed by atoms with van der Waals surface area (Å²) < 4.78 is 29.5. The zero-order valence-electron chi connectivity index (χ0n) is 15.6. The van der Waals surface area contributed by atoms with Gasteiger partial charge in [-0.1, -0.05) is 11.6 Å². The number of rotatable bonds is 5. The van der Waals surface area contributed by atoms with Gasteiger partial charge in [0.2, 0.25) is 0 Å². The highest BCUT2D eigenvalue weighted by Gasteiger charge is 2.41. The van der Waals surface area contributed by atoms with Crippen LogP contribution in [0.5, 0.6) is 0 Å². The first-order valence-corrected chi connectivity index (χ1v) is 12.0. The van der Waals surface area contributed by atoms with E-state index in [4.69, 9.17) is 16.3 Å². The van der Waals surface area contributed by atoms with Gasteiger partial charge in [0.15, 0.2) is 20.8 Å². The van der Waals surface area contributed by atoms with Crippen molar-refractivity contribution in [1.82, 2.24) is 15.1 Å². The topological polar surface area (TPSA) is 84.4 Å². The number of anilines is 1. The Morgan fingerprint density at radius 2 is 1.89 bits per heavy atom. The zero-order valence-corrected chi connectivity index (χ0v) is 17.2. The SMILES string of the molecule is CS(=O)(=O)c1cc(Cl)nnc1NC1CC2CN(CC3CCOCC3)CC2C1. The number of likely N-dealkylation sites (tertiary alicyclic amines) is 1. The number of nitrogens with zero attached hydrogens (tertiary/aromatic N) is 3. The van der Waals surface area contributed by atoms with Gasteiger partial charge < -0.3 is 15.0 Å². The molecule has 3 aliphatic rings. The summed E-state index contributed by atoms with van der Waals surface area (Å²) >= 11 is 5.83. The van der Waals surface area contributed by atoms with E-state index in [-0.39, 0.29) is 16.1 Å². The summed E-state index contributed by atoms with van der Waals surface area (Å²) in [5, 5.41) is 11.2. The minimum absolute atomic E-state index is 0.0908. The Bertz CT molecular complexity index is 771. The van der Waals surface area contributed by atoms with Crippen LogP contribution in [0, 0.1) is 17.8 Å². The Morgan fingerprint density at radius 1 is 1.22 bits per heavy atom. The Morgan fingerprint density at radius 3 is 2.52 bits per heavy atom. The molecular weight excluding hydrogens is 388 g/mol. The zero-order chi connectivity index (χ0) is 19.0. The first kappa shape index (κ1) is 19.4. The normalized spacial score (nSPS) is 29.8. The van der Waals surface area contributed by atoms with Crippen LogP contribution >= 0.6 is 11.6 Å². The van der Waals surface area contributed by atoms with Crippen molar-refractivity contribution in [2.45, 2.75) is 36.6 Å². The third-order valence-corrected chi connectivity index (χ3v) is 7.45. The fraction of sp³-hybridized carbons (Fsp3) is 0.778. The highest BCUT2D eigenvalue weighted by atomic mass is 35.5. The van der Waals surface area contributed by atoms with Crippen molar-refractivity contribution < 1.29 is 13.2 Å². The monoisotopic (exact) mass is 414 g/mol. The van der Waals surface area contributed by atoms with Crippen molar-refractivity contribution in [3.63, 3.8) is 0 Å². The predicted octanol–water partition coefficient (Wildman–Crippen LogP) is 2.08. The maximum absolute atomic E-state index is 12.0. The van der Waals surface area contributed by atoms with E-state index in [9.17, 15) is 8.42 Å². The van der Waals surface area contributed by atoms with Gasteiger partial charge in [-0.3, -0.25) is 0 Å². The Hall–Kier alpha value is -0.960. The second-order valence-electron chi connectivity index (χ2n) is 8.26. The lowest BCUT2D eigenvalue weighted by molar-refractivity contribution is 0.0545. The van der Waals surface area contributed by atoms with Gasteiger partial charge in [0.1, 0.15) is 4.90 Å². The molecule has 2 atom stereocenters. The molecule has 7 nitrogen and oxygen atoms in total. The fourth-order valence-electron chi connectivity index (χ4n) is 4.89. The first-order chi connectivity index (χ1) is 12.9. The third kappa shape index (κ3) is 4.55. The van der Waals surface area contributed by atoms with E-state index in [1.165, 1.54) is 31.7 Å². The molecule has 0 spiro atoms. The lowest BCUT2D eigenvalue weighted by atomic mass is 10.00. The van der Waals surface area contributed by atoms with Gasteiger partial charge in [-0.2, -0.15) is 0 Å². The highest BCUT2D eigenvalue weighted by Crippen LogP contribution is 2.40. The van der Waals surface area contributed by atoms with Gasteiger partial charge in [0, 0.05) is 45.1 Å². The molecule has 9 heteroatoms. The molecule has 0 aromatic carbocycles. The molecule has 1 saturated carbocycles. The molecule has 1 aliphatic carbocycles. The third-order valence-electron chi connectivity index (χ3n) is 6.15. The molecule has 3 heterocycles. The molecule has 1 N–H and O–H groups in total. The molecular formula is C18H27ClN4O3S. The number of hydrogen-bond donors (Lipinski definition) is 1. The van der Waals surface area contributed by atoms with Crippen molar-refractivity contribution in [3.8, 4) is 0 Å². The van der Waals surface area contributed by atoms with E-state index in [0.29, 0.717) is 17.7 Å². The summed E-state index contributed by atoms with van der Waals surface area (Å²) in [6.45, 7) is 5.29. The van der Waals surface area contributed by atoms with Crippen molar-refractivity contribution in [2.24, 2.45) is 17.8 Å². The molecule has 2 unspecified atom stereocenters. The van der Waals surface area contributed by atoms with E-state index < -0.39 is 9.84 Å². The van der Waals surface area contributed by atoms with Crippen molar-refractivity contribution >= 4 is 27.3 Å². The smallest absolute Gasteiger partial charge is 0.179 e. The average Bonchev–Trinajstić information content (AvgIpc) is 3.14. The molecule has 2 aliphatic heterocycles. The molecule has 2 saturated heterocycles. The van der Waals surface area contributed by atoms with Gasteiger partial charge in [-0.25, -0.2) is 8.42 Å². The van der Waals surface area contributed by atoms with Crippen LogP contribution in [0.3, 0.4) is 0 Å². The van der Waals surface area contributed by atoms with Crippen LogP contribution in [0.1, 0.15) is 25.7 Å².